The third-order valence-corrected chi connectivity index (χ3v) is 13.0. The van der Waals surface area contributed by atoms with Crippen molar-refractivity contribution in [2.75, 3.05) is 5.75 Å². The van der Waals surface area contributed by atoms with Gasteiger partial charge >= 0.3 is 0 Å². The minimum atomic E-state index is 0.670. The molecule has 0 bridgehead atoms. The molecule has 0 atom stereocenters. The minimum absolute atomic E-state index is 0.670. The van der Waals surface area contributed by atoms with Crippen LogP contribution in [0.3, 0.4) is 0 Å². The van der Waals surface area contributed by atoms with Gasteiger partial charge in [0.05, 0.1) is 28.4 Å². The van der Waals surface area contributed by atoms with Crippen molar-refractivity contribution in [2.24, 2.45) is 0 Å². The summed E-state index contributed by atoms with van der Waals surface area (Å²) < 4.78 is 7.38. The summed E-state index contributed by atoms with van der Waals surface area (Å²) >= 11 is 5.56. The Hall–Kier alpha value is -5.63. The normalized spacial score (nSPS) is 12.8. The Kier molecular flexibility index (Phi) is 6.72. The lowest BCUT2D eigenvalue weighted by molar-refractivity contribution is 1.03. The number of hydrogen-bond acceptors (Lipinski definition) is 5. The summed E-state index contributed by atoms with van der Waals surface area (Å²) in [6, 6.07) is 45.5. The Morgan fingerprint density at radius 3 is 2.06 bits per heavy atom. The minimum Gasteiger partial charge on any atom is -0.310 e. The molecule has 3 nitrogen and oxygen atoms in total. The molecule has 3 aromatic heterocycles. The van der Waals surface area contributed by atoms with Crippen LogP contribution in [0.2, 0.25) is 0 Å². The maximum absolute atomic E-state index is 10.5. The zero-order valence-corrected chi connectivity index (χ0v) is 29.1. The van der Waals surface area contributed by atoms with Gasteiger partial charge in [0.25, 0.3) is 0 Å². The van der Waals surface area contributed by atoms with E-state index in [0.717, 1.165) is 45.0 Å². The Bertz CT molecular complexity index is 3000. The monoisotopic (exact) mass is 691 g/mol. The van der Waals surface area contributed by atoms with Gasteiger partial charge in [0, 0.05) is 74.1 Å². The molecule has 234 valence electrons. The van der Waals surface area contributed by atoms with E-state index in [-0.39, 0.29) is 0 Å². The molecule has 0 saturated heterocycles. The van der Waals surface area contributed by atoms with Crippen molar-refractivity contribution in [1.29, 1.82) is 10.5 Å². The maximum Gasteiger partial charge on any atom is 0.101 e. The molecule has 4 heterocycles. The molecule has 50 heavy (non-hydrogen) atoms. The highest BCUT2D eigenvalue weighted by Gasteiger charge is 2.23. The molecule has 10 rings (SSSR count). The molecule has 1 aliphatic heterocycles. The van der Waals surface area contributed by atoms with E-state index in [4.69, 9.17) is 0 Å². The standard InChI is InChI=1S/C44H25N3S3/c45-23-26-6-3-7-27(18-26)28-13-15-40-34(19-28)36-21-43-37(22-42(36)49-40)35-20-29(14-16-41(35)50-43)31-10-4-8-30(24-46)44(31)47-38-12-2-1-9-32(38)33-11-5-17-48-25-39(33)47/h1-16,18-22H,17,25H2. The molecule has 0 fully saturated rings. The first kappa shape index (κ1) is 29.3. The summed E-state index contributed by atoms with van der Waals surface area (Å²) in [6.07, 6.45) is 4.51. The summed E-state index contributed by atoms with van der Waals surface area (Å²) in [6.45, 7) is 0. The highest BCUT2D eigenvalue weighted by molar-refractivity contribution is 7.98. The molecular formula is C44H25N3S3. The molecule has 0 amide bonds. The Balaban J connectivity index is 1.16. The van der Waals surface area contributed by atoms with E-state index in [2.05, 4.69) is 114 Å². The first-order chi connectivity index (χ1) is 24.7. The van der Waals surface area contributed by atoms with Crippen molar-refractivity contribution in [3.63, 3.8) is 0 Å². The lowest BCUT2D eigenvalue weighted by Gasteiger charge is -2.18. The lowest BCUT2D eigenvalue weighted by Crippen LogP contribution is -2.05. The Morgan fingerprint density at radius 1 is 0.580 bits per heavy atom. The van der Waals surface area contributed by atoms with Gasteiger partial charge in [-0.2, -0.15) is 22.3 Å². The predicted molar refractivity (Wildman–Crippen MR) is 215 cm³/mol. The fraction of sp³-hybridized carbons (Fsp3) is 0.0455. The highest BCUT2D eigenvalue weighted by Crippen LogP contribution is 2.45. The predicted octanol–water partition coefficient (Wildman–Crippen LogP) is 12.7. The summed E-state index contributed by atoms with van der Waals surface area (Å²) in [4.78, 5) is 0. The van der Waals surface area contributed by atoms with E-state index in [1.807, 2.05) is 64.8 Å². The SMILES string of the molecule is N#Cc1cccc(-c2ccc3sc4cc5c(cc4c3c2)sc2ccc(-c3cccc(C#N)c3-n3c4c(c6ccccc63)C=CCSC4)cc25)c1. The number of benzene rings is 6. The molecule has 1 aliphatic rings. The van der Waals surface area contributed by atoms with Gasteiger partial charge in [-0.25, -0.2) is 0 Å². The van der Waals surface area contributed by atoms with E-state index in [0.29, 0.717) is 11.1 Å². The van der Waals surface area contributed by atoms with Crippen molar-refractivity contribution < 1.29 is 0 Å². The fourth-order valence-corrected chi connectivity index (χ4v) is 10.6. The van der Waals surface area contributed by atoms with E-state index in [9.17, 15) is 10.5 Å². The van der Waals surface area contributed by atoms with E-state index in [1.54, 1.807) is 0 Å². The summed E-state index contributed by atoms with van der Waals surface area (Å²) in [5.74, 6) is 1.85. The van der Waals surface area contributed by atoms with Gasteiger partial charge in [-0.1, -0.05) is 66.7 Å². The van der Waals surface area contributed by atoms with Crippen LogP contribution in [-0.2, 0) is 5.75 Å². The van der Waals surface area contributed by atoms with Gasteiger partial charge in [0.1, 0.15) is 6.07 Å². The number of fused-ring (bicyclic) bond motifs is 9. The summed E-state index contributed by atoms with van der Waals surface area (Å²) in [5, 5.41) is 26.1. The van der Waals surface area contributed by atoms with Crippen LogP contribution in [-0.4, -0.2) is 10.3 Å². The number of thioether (sulfide) groups is 1. The molecule has 0 saturated carbocycles. The first-order valence-electron chi connectivity index (χ1n) is 16.4. The van der Waals surface area contributed by atoms with Crippen LogP contribution in [0.25, 0.3) is 85.3 Å². The van der Waals surface area contributed by atoms with Crippen molar-refractivity contribution in [2.45, 2.75) is 5.75 Å². The average molecular weight is 692 g/mol. The smallest absolute Gasteiger partial charge is 0.101 e. The molecular weight excluding hydrogens is 667 g/mol. The second kappa shape index (κ2) is 11.5. The Morgan fingerprint density at radius 2 is 1.28 bits per heavy atom. The molecule has 0 radical (unpaired) electrons. The van der Waals surface area contributed by atoms with Crippen molar-refractivity contribution in [3.05, 3.63) is 144 Å². The number of nitriles is 2. The van der Waals surface area contributed by atoms with E-state index >= 15 is 0 Å². The number of nitrogens with zero attached hydrogens (tertiary/aromatic N) is 3. The molecule has 6 heteroatoms. The van der Waals surface area contributed by atoms with Gasteiger partial charge in [-0.15, -0.1) is 22.7 Å². The van der Waals surface area contributed by atoms with Crippen LogP contribution in [0.15, 0.2) is 121 Å². The van der Waals surface area contributed by atoms with Crippen LogP contribution in [0.5, 0.6) is 0 Å². The van der Waals surface area contributed by atoms with Crippen molar-refractivity contribution >= 4 is 91.8 Å². The number of hydrogen-bond donors (Lipinski definition) is 0. The lowest BCUT2D eigenvalue weighted by atomic mass is 9.98. The molecule has 6 aromatic carbocycles. The third kappa shape index (κ3) is 4.47. The number of para-hydroxylation sites is 2. The molecule has 0 aliphatic carbocycles. The van der Waals surface area contributed by atoms with Gasteiger partial charge in [-0.05, 0) is 77.4 Å². The molecule has 0 N–H and O–H groups in total. The summed E-state index contributed by atoms with van der Waals surface area (Å²) in [5.41, 5.74) is 10.2. The average Bonchev–Trinajstić information content (AvgIpc) is 3.73. The van der Waals surface area contributed by atoms with Crippen LogP contribution in [0.4, 0.5) is 0 Å². The van der Waals surface area contributed by atoms with Crippen LogP contribution in [0.1, 0.15) is 22.4 Å². The fourth-order valence-electron chi connectivity index (χ4n) is 7.56. The molecule has 9 aromatic rings. The number of thiophene rings is 2. The van der Waals surface area contributed by atoms with Gasteiger partial charge in [0.2, 0.25) is 0 Å². The van der Waals surface area contributed by atoms with E-state index in [1.165, 1.54) is 57.0 Å². The largest absolute Gasteiger partial charge is 0.310 e. The highest BCUT2D eigenvalue weighted by atomic mass is 32.2. The first-order valence-corrected chi connectivity index (χ1v) is 19.2. The summed E-state index contributed by atoms with van der Waals surface area (Å²) in [7, 11) is 0. The quantitative estimate of drug-likeness (QED) is 0.185. The van der Waals surface area contributed by atoms with Gasteiger partial charge in [0.15, 0.2) is 0 Å². The van der Waals surface area contributed by atoms with Gasteiger partial charge in [-0.3, -0.25) is 0 Å². The van der Waals surface area contributed by atoms with Crippen LogP contribution >= 0.6 is 34.4 Å². The maximum atomic E-state index is 10.5. The van der Waals surface area contributed by atoms with Crippen LogP contribution in [0, 0.1) is 22.7 Å². The van der Waals surface area contributed by atoms with E-state index < -0.39 is 0 Å². The zero-order chi connectivity index (χ0) is 33.3. The van der Waals surface area contributed by atoms with Gasteiger partial charge < -0.3 is 4.57 Å². The van der Waals surface area contributed by atoms with Crippen molar-refractivity contribution in [3.8, 4) is 40.1 Å². The third-order valence-electron chi connectivity index (χ3n) is 9.83. The molecule has 0 unspecified atom stereocenters. The van der Waals surface area contributed by atoms with Crippen molar-refractivity contribution in [1.82, 2.24) is 4.57 Å². The van der Waals surface area contributed by atoms with Crippen LogP contribution < -0.4 is 0 Å². The number of aromatic nitrogens is 1. The number of rotatable bonds is 3. The zero-order valence-electron chi connectivity index (χ0n) is 26.6. The second-order valence-corrected chi connectivity index (χ2v) is 15.8. The topological polar surface area (TPSA) is 52.5 Å². The molecule has 0 spiro atoms. The second-order valence-electron chi connectivity index (χ2n) is 12.6. The Labute approximate surface area is 300 Å².